The molecule has 0 aromatic heterocycles. The van der Waals surface area contributed by atoms with E-state index in [1.807, 2.05) is 0 Å². The summed E-state index contributed by atoms with van der Waals surface area (Å²) in [6, 6.07) is 0. The number of hydrogen-bond acceptors (Lipinski definition) is 3. The molecular weight excluding hydrogens is 188 g/mol. The molecule has 6 nitrogen and oxygen atoms in total. The van der Waals surface area contributed by atoms with Crippen molar-refractivity contribution in [3.05, 3.63) is 0 Å². The van der Waals surface area contributed by atoms with Gasteiger partial charge in [0.15, 0.2) is 0 Å². The SMILES string of the molecule is CCNC(=O)O[C@H]1CCN(C(=O)O)C1. The summed E-state index contributed by atoms with van der Waals surface area (Å²) in [4.78, 5) is 22.7. The van der Waals surface area contributed by atoms with Gasteiger partial charge < -0.3 is 20.1 Å². The highest BCUT2D eigenvalue weighted by Gasteiger charge is 2.28. The molecule has 0 saturated carbocycles. The third-order valence-corrected chi connectivity index (χ3v) is 2.01. The van der Waals surface area contributed by atoms with Gasteiger partial charge in [0.1, 0.15) is 6.10 Å². The zero-order valence-corrected chi connectivity index (χ0v) is 8.02. The maximum atomic E-state index is 11.0. The molecule has 0 spiro atoms. The first kappa shape index (κ1) is 10.6. The predicted octanol–water partition coefficient (Wildman–Crippen LogP) is 0.485. The van der Waals surface area contributed by atoms with Crippen molar-refractivity contribution in [2.75, 3.05) is 19.6 Å². The van der Waals surface area contributed by atoms with Crippen molar-refractivity contribution >= 4 is 12.2 Å². The van der Waals surface area contributed by atoms with Crippen molar-refractivity contribution < 1.29 is 19.4 Å². The molecule has 80 valence electrons. The van der Waals surface area contributed by atoms with Crippen molar-refractivity contribution in [1.29, 1.82) is 0 Å². The van der Waals surface area contributed by atoms with E-state index in [-0.39, 0.29) is 12.6 Å². The Morgan fingerprint density at radius 1 is 1.64 bits per heavy atom. The van der Waals surface area contributed by atoms with Crippen molar-refractivity contribution in [1.82, 2.24) is 10.2 Å². The summed E-state index contributed by atoms with van der Waals surface area (Å²) in [7, 11) is 0. The molecule has 2 amide bonds. The van der Waals surface area contributed by atoms with Crippen LogP contribution in [0.5, 0.6) is 0 Å². The molecule has 0 aromatic carbocycles. The van der Waals surface area contributed by atoms with Crippen LogP contribution < -0.4 is 5.32 Å². The molecular formula is C8H14N2O4. The summed E-state index contributed by atoms with van der Waals surface area (Å²) in [6.07, 6.45) is -1.18. The summed E-state index contributed by atoms with van der Waals surface area (Å²) in [6.45, 7) is 3.00. The van der Waals surface area contributed by atoms with Crippen LogP contribution in [0.1, 0.15) is 13.3 Å². The standard InChI is InChI=1S/C8H14N2O4/c1-2-9-7(11)14-6-3-4-10(5-6)8(12)13/h6H,2-5H2,1H3,(H,9,11)(H,12,13)/t6-/m0/s1. The molecule has 14 heavy (non-hydrogen) atoms. The maximum absolute atomic E-state index is 11.0. The number of hydrogen-bond donors (Lipinski definition) is 2. The van der Waals surface area contributed by atoms with Crippen LogP contribution in [-0.4, -0.2) is 47.9 Å². The fourth-order valence-electron chi connectivity index (χ4n) is 1.34. The quantitative estimate of drug-likeness (QED) is 0.682. The second kappa shape index (κ2) is 4.69. The van der Waals surface area contributed by atoms with Crippen molar-refractivity contribution in [2.24, 2.45) is 0 Å². The minimum Gasteiger partial charge on any atom is -0.465 e. The number of carboxylic acid groups (broad SMARTS) is 1. The molecule has 1 saturated heterocycles. The monoisotopic (exact) mass is 202 g/mol. The second-order valence-corrected chi connectivity index (χ2v) is 3.07. The van der Waals surface area contributed by atoms with Crippen LogP contribution in [0.25, 0.3) is 0 Å². The Balaban J connectivity index is 2.28. The Labute approximate surface area is 81.8 Å². The molecule has 1 atom stereocenters. The van der Waals surface area contributed by atoms with Crippen molar-refractivity contribution in [3.8, 4) is 0 Å². The number of carbonyl (C=O) groups excluding carboxylic acids is 1. The maximum Gasteiger partial charge on any atom is 0.407 e. The van der Waals surface area contributed by atoms with Gasteiger partial charge in [-0.2, -0.15) is 0 Å². The van der Waals surface area contributed by atoms with Crippen LogP contribution >= 0.6 is 0 Å². The number of nitrogens with zero attached hydrogens (tertiary/aromatic N) is 1. The number of ether oxygens (including phenoxy) is 1. The third kappa shape index (κ3) is 2.79. The lowest BCUT2D eigenvalue weighted by molar-refractivity contribution is 0.0980. The first-order valence-electron chi connectivity index (χ1n) is 4.55. The van der Waals surface area contributed by atoms with E-state index in [0.29, 0.717) is 19.5 Å². The van der Waals surface area contributed by atoms with E-state index in [9.17, 15) is 9.59 Å². The Morgan fingerprint density at radius 3 is 2.86 bits per heavy atom. The van der Waals surface area contributed by atoms with Crippen molar-refractivity contribution in [2.45, 2.75) is 19.4 Å². The molecule has 1 aliphatic heterocycles. The summed E-state index contributed by atoms with van der Waals surface area (Å²) in [5, 5.41) is 11.1. The lowest BCUT2D eigenvalue weighted by Crippen LogP contribution is -2.32. The molecule has 1 rings (SSSR count). The second-order valence-electron chi connectivity index (χ2n) is 3.07. The molecule has 0 radical (unpaired) electrons. The van der Waals surface area contributed by atoms with Gasteiger partial charge in [-0.15, -0.1) is 0 Å². The number of nitrogens with one attached hydrogen (secondary N) is 1. The zero-order chi connectivity index (χ0) is 10.6. The van der Waals surface area contributed by atoms with Gasteiger partial charge in [-0.1, -0.05) is 0 Å². The summed E-state index contributed by atoms with van der Waals surface area (Å²) in [5.41, 5.74) is 0. The molecule has 0 bridgehead atoms. The fraction of sp³-hybridized carbons (Fsp3) is 0.750. The molecule has 1 fully saturated rings. The van der Waals surface area contributed by atoms with E-state index in [1.54, 1.807) is 6.92 Å². The van der Waals surface area contributed by atoms with Crippen LogP contribution in [0.3, 0.4) is 0 Å². The van der Waals surface area contributed by atoms with Crippen molar-refractivity contribution in [3.63, 3.8) is 0 Å². The van der Waals surface area contributed by atoms with E-state index in [2.05, 4.69) is 5.32 Å². The molecule has 1 heterocycles. The highest BCUT2D eigenvalue weighted by Crippen LogP contribution is 2.12. The van der Waals surface area contributed by atoms with E-state index in [0.717, 1.165) is 0 Å². The number of rotatable bonds is 2. The Hall–Kier alpha value is -1.46. The van der Waals surface area contributed by atoms with E-state index in [4.69, 9.17) is 9.84 Å². The van der Waals surface area contributed by atoms with Gasteiger partial charge in [0, 0.05) is 19.5 Å². The average molecular weight is 202 g/mol. The first-order valence-corrected chi connectivity index (χ1v) is 4.55. The van der Waals surface area contributed by atoms with Crippen LogP contribution in [-0.2, 0) is 4.74 Å². The van der Waals surface area contributed by atoms with E-state index >= 15 is 0 Å². The highest BCUT2D eigenvalue weighted by molar-refractivity contribution is 5.68. The predicted molar refractivity (Wildman–Crippen MR) is 48.2 cm³/mol. The molecule has 0 aliphatic carbocycles. The topological polar surface area (TPSA) is 78.9 Å². The number of carbonyl (C=O) groups is 2. The van der Waals surface area contributed by atoms with Gasteiger partial charge in [0.2, 0.25) is 0 Å². The molecule has 2 N–H and O–H groups in total. The first-order chi connectivity index (χ1) is 6.63. The van der Waals surface area contributed by atoms with Gasteiger partial charge >= 0.3 is 12.2 Å². The average Bonchev–Trinajstić information content (AvgIpc) is 2.53. The minimum absolute atomic E-state index is 0.270. The highest BCUT2D eigenvalue weighted by atomic mass is 16.6. The van der Waals surface area contributed by atoms with Gasteiger partial charge in [-0.25, -0.2) is 9.59 Å². The Morgan fingerprint density at radius 2 is 2.36 bits per heavy atom. The normalized spacial score (nSPS) is 20.6. The Kier molecular flexibility index (Phi) is 3.55. The minimum atomic E-state index is -0.966. The summed E-state index contributed by atoms with van der Waals surface area (Å²) in [5.74, 6) is 0. The Bertz CT molecular complexity index is 231. The summed E-state index contributed by atoms with van der Waals surface area (Å²) >= 11 is 0. The van der Waals surface area contributed by atoms with Crippen LogP contribution in [0.2, 0.25) is 0 Å². The van der Waals surface area contributed by atoms with Crippen LogP contribution in [0.4, 0.5) is 9.59 Å². The van der Waals surface area contributed by atoms with E-state index in [1.165, 1.54) is 4.90 Å². The van der Waals surface area contributed by atoms with E-state index < -0.39 is 12.2 Å². The lowest BCUT2D eigenvalue weighted by atomic mass is 10.3. The molecule has 0 unspecified atom stereocenters. The molecule has 6 heteroatoms. The van der Waals surface area contributed by atoms with Crippen LogP contribution in [0, 0.1) is 0 Å². The van der Waals surface area contributed by atoms with Gasteiger partial charge in [0.25, 0.3) is 0 Å². The smallest absolute Gasteiger partial charge is 0.407 e. The molecule has 0 aromatic rings. The summed E-state index contributed by atoms with van der Waals surface area (Å²) < 4.78 is 4.98. The zero-order valence-electron chi connectivity index (χ0n) is 8.02. The number of alkyl carbamates (subject to hydrolysis) is 1. The lowest BCUT2D eigenvalue weighted by Gasteiger charge is -2.13. The largest absolute Gasteiger partial charge is 0.465 e. The number of amides is 2. The van der Waals surface area contributed by atoms with Gasteiger partial charge in [-0.05, 0) is 6.92 Å². The number of likely N-dealkylation sites (tertiary alicyclic amines) is 1. The van der Waals surface area contributed by atoms with Gasteiger partial charge in [0.05, 0.1) is 6.54 Å². The fourth-order valence-corrected chi connectivity index (χ4v) is 1.34. The third-order valence-electron chi connectivity index (χ3n) is 2.01. The molecule has 1 aliphatic rings. The van der Waals surface area contributed by atoms with Gasteiger partial charge in [-0.3, -0.25) is 0 Å². The van der Waals surface area contributed by atoms with Crippen LogP contribution in [0.15, 0.2) is 0 Å².